The Morgan fingerprint density at radius 3 is 2.94 bits per heavy atom. The van der Waals surface area contributed by atoms with E-state index in [-0.39, 0.29) is 5.56 Å². The van der Waals surface area contributed by atoms with Crippen molar-refractivity contribution < 1.29 is 0 Å². The quantitative estimate of drug-likeness (QED) is 0.893. The van der Waals surface area contributed by atoms with Crippen molar-refractivity contribution in [2.75, 3.05) is 11.9 Å². The molecule has 1 N–H and O–H groups in total. The smallest absolute Gasteiger partial charge is 0.251 e. The molecule has 2 aromatic rings. The molecule has 0 saturated carbocycles. The monoisotopic (exact) mass is 250 g/mol. The Balaban J connectivity index is 2.22. The lowest BCUT2D eigenvalue weighted by atomic mass is 10.3. The van der Waals surface area contributed by atoms with E-state index in [9.17, 15) is 4.79 Å². The summed E-state index contributed by atoms with van der Waals surface area (Å²) >= 11 is 1.48. The topological polar surface area (TPSA) is 59.8 Å². The lowest BCUT2D eigenvalue weighted by Crippen LogP contribution is -2.21. The maximum Gasteiger partial charge on any atom is 0.251 e. The van der Waals surface area contributed by atoms with E-state index in [0.717, 1.165) is 22.4 Å². The van der Waals surface area contributed by atoms with Crippen molar-refractivity contribution in [1.29, 1.82) is 0 Å². The Morgan fingerprint density at radius 2 is 2.24 bits per heavy atom. The summed E-state index contributed by atoms with van der Waals surface area (Å²) in [5.41, 5.74) is 0.919. The van der Waals surface area contributed by atoms with Gasteiger partial charge < -0.3 is 9.88 Å². The summed E-state index contributed by atoms with van der Waals surface area (Å²) in [6.45, 7) is 5.22. The molecule has 5 nitrogen and oxygen atoms in total. The maximum absolute atomic E-state index is 11.7. The molecule has 2 aromatic heterocycles. The van der Waals surface area contributed by atoms with Gasteiger partial charge in [0.05, 0.1) is 6.54 Å². The molecule has 0 bridgehead atoms. The van der Waals surface area contributed by atoms with Gasteiger partial charge in [0.2, 0.25) is 5.13 Å². The number of hydrogen-bond acceptors (Lipinski definition) is 5. The van der Waals surface area contributed by atoms with Gasteiger partial charge in [-0.2, -0.15) is 0 Å². The van der Waals surface area contributed by atoms with E-state index in [1.165, 1.54) is 11.3 Å². The van der Waals surface area contributed by atoms with Gasteiger partial charge in [0, 0.05) is 18.3 Å². The summed E-state index contributed by atoms with van der Waals surface area (Å²) in [6.07, 6.45) is 0. The number of aromatic nitrogens is 3. The van der Waals surface area contributed by atoms with Crippen LogP contribution >= 0.6 is 11.3 Å². The third-order valence-corrected chi connectivity index (χ3v) is 3.22. The second-order valence-corrected chi connectivity index (χ2v) is 4.68. The molecule has 0 spiro atoms. The van der Waals surface area contributed by atoms with E-state index in [1.54, 1.807) is 16.7 Å². The van der Waals surface area contributed by atoms with Crippen LogP contribution in [0, 0.1) is 6.92 Å². The third-order valence-electron chi connectivity index (χ3n) is 2.36. The van der Waals surface area contributed by atoms with Crippen molar-refractivity contribution in [2.24, 2.45) is 0 Å². The summed E-state index contributed by atoms with van der Waals surface area (Å²) in [5, 5.41) is 12.8. The number of rotatable bonds is 4. The first-order chi connectivity index (χ1) is 8.20. The van der Waals surface area contributed by atoms with Crippen LogP contribution in [0.3, 0.4) is 0 Å². The van der Waals surface area contributed by atoms with Gasteiger partial charge in [0.1, 0.15) is 5.01 Å². The van der Waals surface area contributed by atoms with Crippen LogP contribution in [0.2, 0.25) is 0 Å². The number of hydrogen-bond donors (Lipinski definition) is 1. The van der Waals surface area contributed by atoms with Gasteiger partial charge in [0.25, 0.3) is 5.56 Å². The molecule has 90 valence electrons. The summed E-state index contributed by atoms with van der Waals surface area (Å²) in [7, 11) is 0. The molecule has 0 aliphatic heterocycles. The average Bonchev–Trinajstić information content (AvgIpc) is 2.72. The minimum Gasteiger partial charge on any atom is -0.360 e. The molecule has 0 saturated heterocycles. The molecule has 0 atom stereocenters. The second-order valence-electron chi connectivity index (χ2n) is 3.62. The fourth-order valence-corrected chi connectivity index (χ4v) is 2.30. The summed E-state index contributed by atoms with van der Waals surface area (Å²) < 4.78 is 1.69. The van der Waals surface area contributed by atoms with Crippen molar-refractivity contribution in [3.05, 3.63) is 39.3 Å². The lowest BCUT2D eigenvalue weighted by molar-refractivity contribution is 0.717. The van der Waals surface area contributed by atoms with E-state index < -0.39 is 0 Å². The van der Waals surface area contributed by atoms with E-state index >= 15 is 0 Å². The molecule has 0 fully saturated rings. The second kappa shape index (κ2) is 5.09. The van der Waals surface area contributed by atoms with Crippen molar-refractivity contribution in [3.63, 3.8) is 0 Å². The highest BCUT2D eigenvalue weighted by atomic mass is 32.1. The normalized spacial score (nSPS) is 10.5. The first-order valence-corrected chi connectivity index (χ1v) is 6.25. The first-order valence-electron chi connectivity index (χ1n) is 5.43. The van der Waals surface area contributed by atoms with Crippen LogP contribution in [0.25, 0.3) is 0 Å². The number of aryl methyl sites for hydroxylation is 1. The van der Waals surface area contributed by atoms with E-state index in [2.05, 4.69) is 15.5 Å². The van der Waals surface area contributed by atoms with E-state index in [0.29, 0.717) is 6.54 Å². The van der Waals surface area contributed by atoms with Crippen molar-refractivity contribution in [1.82, 2.24) is 14.8 Å². The molecular weight excluding hydrogens is 236 g/mol. The summed E-state index contributed by atoms with van der Waals surface area (Å²) in [6, 6.07) is 5.23. The zero-order chi connectivity index (χ0) is 12.3. The number of nitrogens with one attached hydrogen (secondary N) is 1. The third kappa shape index (κ3) is 2.71. The molecule has 17 heavy (non-hydrogen) atoms. The van der Waals surface area contributed by atoms with Gasteiger partial charge in [-0.3, -0.25) is 4.79 Å². The Labute approximate surface area is 103 Å². The molecule has 0 amide bonds. The Bertz CT molecular complexity index is 561. The van der Waals surface area contributed by atoms with Crippen LogP contribution in [0.15, 0.2) is 23.0 Å². The Kier molecular flexibility index (Phi) is 3.53. The molecule has 2 heterocycles. The number of pyridine rings is 1. The van der Waals surface area contributed by atoms with Crippen molar-refractivity contribution in [2.45, 2.75) is 20.4 Å². The first kappa shape index (κ1) is 11.8. The predicted octanol–water partition coefficient (Wildman–Crippen LogP) is 1.49. The summed E-state index contributed by atoms with van der Waals surface area (Å²) in [5.74, 6) is 0. The highest BCUT2D eigenvalue weighted by Crippen LogP contribution is 2.15. The van der Waals surface area contributed by atoms with Gasteiger partial charge in [0.15, 0.2) is 0 Å². The van der Waals surface area contributed by atoms with Gasteiger partial charge in [-0.1, -0.05) is 17.4 Å². The molecule has 0 aliphatic rings. The Morgan fingerprint density at radius 1 is 1.41 bits per heavy atom. The number of nitrogens with zero attached hydrogens (tertiary/aromatic N) is 3. The highest BCUT2D eigenvalue weighted by molar-refractivity contribution is 7.15. The van der Waals surface area contributed by atoms with Crippen LogP contribution in [0.4, 0.5) is 5.13 Å². The fourth-order valence-electron chi connectivity index (χ4n) is 1.50. The van der Waals surface area contributed by atoms with E-state index in [4.69, 9.17) is 0 Å². The minimum absolute atomic E-state index is 0.00907. The van der Waals surface area contributed by atoms with Gasteiger partial charge in [-0.15, -0.1) is 10.2 Å². The minimum atomic E-state index is -0.00907. The molecule has 0 aliphatic carbocycles. The van der Waals surface area contributed by atoms with Gasteiger partial charge in [-0.25, -0.2) is 0 Å². The van der Waals surface area contributed by atoms with Crippen molar-refractivity contribution in [3.8, 4) is 0 Å². The van der Waals surface area contributed by atoms with Crippen LogP contribution in [0.1, 0.15) is 17.6 Å². The van der Waals surface area contributed by atoms with Crippen LogP contribution in [-0.4, -0.2) is 21.3 Å². The zero-order valence-electron chi connectivity index (χ0n) is 9.80. The van der Waals surface area contributed by atoms with E-state index in [1.807, 2.05) is 19.9 Å². The summed E-state index contributed by atoms with van der Waals surface area (Å²) in [4.78, 5) is 11.7. The van der Waals surface area contributed by atoms with Crippen LogP contribution in [-0.2, 0) is 6.54 Å². The SMILES string of the molecule is CCNc1nnc(Cn2c(C)cccc2=O)s1. The molecule has 0 aromatic carbocycles. The molecule has 0 unspecified atom stereocenters. The molecule has 6 heteroatoms. The van der Waals surface area contributed by atoms with Crippen LogP contribution in [0.5, 0.6) is 0 Å². The standard InChI is InChI=1S/C11H14N4OS/c1-3-12-11-14-13-9(17-11)7-15-8(2)5-4-6-10(15)16/h4-6H,3,7H2,1-2H3,(H,12,14). The van der Waals surface area contributed by atoms with Crippen LogP contribution < -0.4 is 10.9 Å². The lowest BCUT2D eigenvalue weighted by Gasteiger charge is -2.05. The largest absolute Gasteiger partial charge is 0.360 e. The van der Waals surface area contributed by atoms with Crippen molar-refractivity contribution >= 4 is 16.5 Å². The Hall–Kier alpha value is -1.69. The van der Waals surface area contributed by atoms with Gasteiger partial charge in [-0.05, 0) is 19.9 Å². The highest BCUT2D eigenvalue weighted by Gasteiger charge is 2.06. The molecule has 2 rings (SSSR count). The van der Waals surface area contributed by atoms with Gasteiger partial charge >= 0.3 is 0 Å². The molecule has 0 radical (unpaired) electrons. The average molecular weight is 250 g/mol. The molecular formula is C11H14N4OS. The predicted molar refractivity (Wildman–Crippen MR) is 68.6 cm³/mol. The maximum atomic E-state index is 11.7. The zero-order valence-corrected chi connectivity index (χ0v) is 10.6. The number of anilines is 1. The fraction of sp³-hybridized carbons (Fsp3) is 0.364.